The second kappa shape index (κ2) is 12.4. The van der Waals surface area contributed by atoms with Gasteiger partial charge >= 0.3 is 6.09 Å². The number of sulfonamides is 2. The molecule has 4 aromatic carbocycles. The number of rotatable bonds is 8. The van der Waals surface area contributed by atoms with Gasteiger partial charge in [0.2, 0.25) is 10.0 Å². The van der Waals surface area contributed by atoms with Crippen LogP contribution in [-0.2, 0) is 31.3 Å². The minimum absolute atomic E-state index is 0.0220. The van der Waals surface area contributed by atoms with Gasteiger partial charge in [-0.1, -0.05) is 48.0 Å². The van der Waals surface area contributed by atoms with Gasteiger partial charge in [0.25, 0.3) is 10.0 Å². The van der Waals surface area contributed by atoms with E-state index in [1.807, 2.05) is 17.6 Å². The Hall–Kier alpha value is -3.63. The number of carbonyl (C=O) groups is 1. The summed E-state index contributed by atoms with van der Waals surface area (Å²) in [6, 6.07) is 17.9. The summed E-state index contributed by atoms with van der Waals surface area (Å²) in [4.78, 5) is 12.8. The summed E-state index contributed by atoms with van der Waals surface area (Å²) in [6.45, 7) is 0.656. The molecule has 0 radical (unpaired) electrons. The zero-order valence-electron chi connectivity index (χ0n) is 23.0. The fourth-order valence-corrected chi connectivity index (χ4v) is 7.99. The quantitative estimate of drug-likeness (QED) is 0.154. The third kappa shape index (κ3) is 6.56. The fourth-order valence-electron chi connectivity index (χ4n) is 4.69. The number of ether oxygens (including phenoxy) is 1. The maximum atomic E-state index is 14.5. The molecule has 0 saturated carbocycles. The first-order valence-electron chi connectivity index (χ1n) is 13.1. The minimum Gasteiger partial charge on any atom is -0.428 e. The van der Waals surface area contributed by atoms with Crippen LogP contribution in [-0.4, -0.2) is 49.7 Å². The van der Waals surface area contributed by atoms with Crippen LogP contribution in [0.3, 0.4) is 0 Å². The number of hydrogen-bond acceptors (Lipinski definition) is 7. The van der Waals surface area contributed by atoms with Gasteiger partial charge in [-0.3, -0.25) is 0 Å². The number of amides is 1. The van der Waals surface area contributed by atoms with Crippen LogP contribution >= 0.6 is 12.6 Å². The maximum absolute atomic E-state index is 14.5. The fraction of sp³-hybridized carbons (Fsp3) is 0.207. The van der Waals surface area contributed by atoms with E-state index in [0.29, 0.717) is 15.9 Å². The number of benzene rings is 4. The molecule has 9 nitrogen and oxygen atoms in total. The molecule has 1 saturated heterocycles. The topological polar surface area (TPSA) is 113 Å². The summed E-state index contributed by atoms with van der Waals surface area (Å²) in [6.07, 6.45) is -2.79. The van der Waals surface area contributed by atoms with Crippen LogP contribution in [0.5, 0.6) is 0 Å². The van der Waals surface area contributed by atoms with E-state index in [0.717, 1.165) is 15.3 Å². The summed E-state index contributed by atoms with van der Waals surface area (Å²) in [5.41, 5.74) is 2.15. The highest BCUT2D eigenvalue weighted by Gasteiger charge is 2.42. The molecule has 0 bridgehead atoms. The Morgan fingerprint density at radius 2 is 1.55 bits per heavy atom. The van der Waals surface area contributed by atoms with E-state index in [9.17, 15) is 34.8 Å². The third-order valence-corrected chi connectivity index (χ3v) is 10.9. The van der Waals surface area contributed by atoms with E-state index < -0.39 is 67.2 Å². The zero-order chi connectivity index (χ0) is 31.8. The zero-order valence-corrected chi connectivity index (χ0v) is 25.6. The van der Waals surface area contributed by atoms with Gasteiger partial charge in [0.15, 0.2) is 17.9 Å². The van der Waals surface area contributed by atoms with Crippen LogP contribution in [0.4, 0.5) is 18.0 Å². The molecule has 1 heterocycles. The van der Waals surface area contributed by atoms with Crippen LogP contribution in [0.2, 0.25) is 0 Å². The molecule has 0 aliphatic carbocycles. The molecule has 1 aliphatic heterocycles. The summed E-state index contributed by atoms with van der Waals surface area (Å²) < 4.78 is 103. The van der Waals surface area contributed by atoms with Gasteiger partial charge in [-0.15, -0.1) is 4.41 Å². The standard InChI is InChI=1S/C29H26F3N3O6S3/c1-18-6-9-23(10-7-18)44(39,40)35(16-21-13-26(31)27(32)15-25(21)30)33-29(36)41-28-14-22(42)17-34(28)43(37,38)24-11-8-19-4-2-3-5-20(19)12-24/h2-13,15,22,28,42H,14,16-17H2,1H3,(H,33,36)/t22-,28+/m1/s1. The average molecular weight is 666 g/mol. The minimum atomic E-state index is -4.61. The lowest BCUT2D eigenvalue weighted by Gasteiger charge is -2.27. The number of aryl methyl sites for hydroxylation is 1. The second-order valence-electron chi connectivity index (χ2n) is 10.1. The van der Waals surface area contributed by atoms with Crippen molar-refractivity contribution in [3.05, 3.63) is 107 Å². The number of fused-ring (bicyclic) bond motifs is 1. The molecule has 2 atom stereocenters. The normalized spacial score (nSPS) is 17.7. The molecule has 5 rings (SSSR count). The van der Waals surface area contributed by atoms with Crippen LogP contribution in [0.1, 0.15) is 17.5 Å². The van der Waals surface area contributed by atoms with E-state index >= 15 is 0 Å². The van der Waals surface area contributed by atoms with Crippen molar-refractivity contribution in [1.82, 2.24) is 14.1 Å². The molecule has 1 aliphatic rings. The number of hydrazine groups is 1. The molecule has 0 spiro atoms. The Kier molecular flexibility index (Phi) is 8.96. The lowest BCUT2D eigenvalue weighted by atomic mass is 10.1. The summed E-state index contributed by atoms with van der Waals surface area (Å²) in [5, 5.41) is 0.970. The molecule has 0 unspecified atom stereocenters. The molecular weight excluding hydrogens is 640 g/mol. The van der Waals surface area contributed by atoms with Gasteiger partial charge in [0.1, 0.15) is 5.82 Å². The van der Waals surface area contributed by atoms with E-state index in [4.69, 9.17) is 4.74 Å². The summed E-state index contributed by atoms with van der Waals surface area (Å²) in [5.74, 6) is -4.18. The van der Waals surface area contributed by atoms with Crippen LogP contribution in [0.15, 0.2) is 88.7 Å². The van der Waals surface area contributed by atoms with Gasteiger partial charge in [0.05, 0.1) is 16.3 Å². The first-order valence-corrected chi connectivity index (χ1v) is 16.5. The van der Waals surface area contributed by atoms with E-state index in [1.54, 1.807) is 25.1 Å². The van der Waals surface area contributed by atoms with Gasteiger partial charge in [0, 0.05) is 29.8 Å². The van der Waals surface area contributed by atoms with E-state index in [1.165, 1.54) is 36.4 Å². The molecule has 1 fully saturated rings. The lowest BCUT2D eigenvalue weighted by molar-refractivity contribution is 0.0425. The molecule has 44 heavy (non-hydrogen) atoms. The highest BCUT2D eigenvalue weighted by atomic mass is 32.2. The van der Waals surface area contributed by atoms with Crippen molar-refractivity contribution in [2.24, 2.45) is 0 Å². The van der Waals surface area contributed by atoms with Crippen molar-refractivity contribution in [1.29, 1.82) is 0 Å². The van der Waals surface area contributed by atoms with Crippen LogP contribution in [0.25, 0.3) is 10.8 Å². The Balaban J connectivity index is 1.42. The van der Waals surface area contributed by atoms with Gasteiger partial charge < -0.3 is 4.74 Å². The molecule has 4 aromatic rings. The number of nitrogens with zero attached hydrogens (tertiary/aromatic N) is 2. The van der Waals surface area contributed by atoms with Crippen molar-refractivity contribution >= 4 is 49.5 Å². The molecule has 0 aromatic heterocycles. The van der Waals surface area contributed by atoms with E-state index in [-0.39, 0.29) is 28.8 Å². The van der Waals surface area contributed by atoms with Crippen molar-refractivity contribution < 1.29 is 39.5 Å². The number of thiol groups is 1. The monoisotopic (exact) mass is 665 g/mol. The van der Waals surface area contributed by atoms with Crippen molar-refractivity contribution in [2.45, 2.75) is 41.2 Å². The Morgan fingerprint density at radius 3 is 2.25 bits per heavy atom. The Labute approximate surface area is 257 Å². The average Bonchev–Trinajstić information content (AvgIpc) is 3.35. The smallest absolute Gasteiger partial charge is 0.424 e. The number of carbonyl (C=O) groups excluding carboxylic acids is 1. The van der Waals surface area contributed by atoms with Crippen LogP contribution in [0, 0.1) is 24.4 Å². The van der Waals surface area contributed by atoms with Crippen LogP contribution < -0.4 is 5.43 Å². The third-order valence-electron chi connectivity index (χ3n) is 6.98. The SMILES string of the molecule is Cc1ccc(S(=O)(=O)N(Cc2cc(F)c(F)cc2F)NC(=O)O[C@H]2C[C@@H](S)CN2S(=O)(=O)c2ccc3ccccc3c2)cc1. The van der Waals surface area contributed by atoms with E-state index in [2.05, 4.69) is 12.6 Å². The molecule has 1 amide bonds. The molecular formula is C29H26F3N3O6S3. The predicted molar refractivity (Wildman–Crippen MR) is 159 cm³/mol. The number of halogens is 3. The highest BCUT2D eigenvalue weighted by Crippen LogP contribution is 2.31. The summed E-state index contributed by atoms with van der Waals surface area (Å²) in [7, 11) is -8.81. The Morgan fingerprint density at radius 1 is 0.909 bits per heavy atom. The maximum Gasteiger partial charge on any atom is 0.424 e. The van der Waals surface area contributed by atoms with Crippen molar-refractivity contribution in [3.8, 4) is 0 Å². The molecule has 15 heteroatoms. The first-order chi connectivity index (χ1) is 20.8. The second-order valence-corrected chi connectivity index (χ2v) is 14.6. The van der Waals surface area contributed by atoms with Gasteiger partial charge in [-0.25, -0.2) is 40.2 Å². The molecule has 1 N–H and O–H groups in total. The van der Waals surface area contributed by atoms with Crippen molar-refractivity contribution in [2.75, 3.05) is 6.54 Å². The van der Waals surface area contributed by atoms with Crippen molar-refractivity contribution in [3.63, 3.8) is 0 Å². The lowest BCUT2D eigenvalue weighted by Crippen LogP contribution is -2.48. The van der Waals surface area contributed by atoms with Gasteiger partial charge in [-0.05, 0) is 48.0 Å². The first kappa shape index (κ1) is 31.8. The molecule has 232 valence electrons. The Bertz CT molecular complexity index is 1940. The summed E-state index contributed by atoms with van der Waals surface area (Å²) >= 11 is 4.37. The highest BCUT2D eigenvalue weighted by molar-refractivity contribution is 7.89. The number of nitrogens with one attached hydrogen (secondary N) is 1. The predicted octanol–water partition coefficient (Wildman–Crippen LogP) is 5.12. The van der Waals surface area contributed by atoms with Gasteiger partial charge in [-0.2, -0.15) is 16.9 Å². The largest absolute Gasteiger partial charge is 0.428 e. The number of hydrogen-bond donors (Lipinski definition) is 2.